The Hall–Kier alpha value is -1.26. The molecule has 0 fully saturated rings. The monoisotopic (exact) mass is 275 g/mol. The van der Waals surface area contributed by atoms with Crippen LogP contribution in [0.2, 0.25) is 0 Å². The highest BCUT2D eigenvalue weighted by Crippen LogP contribution is 2.29. The lowest BCUT2D eigenvalue weighted by atomic mass is 9.98. The molecule has 1 aromatic heterocycles. The third-order valence-corrected chi connectivity index (χ3v) is 4.07. The number of aromatic nitrogens is 2. The maximum Gasteiger partial charge on any atom is 0.0807 e. The predicted octanol–water partition coefficient (Wildman–Crippen LogP) is 3.50. The van der Waals surface area contributed by atoms with Crippen molar-refractivity contribution in [1.82, 2.24) is 14.9 Å². The van der Waals surface area contributed by atoms with E-state index in [4.69, 9.17) is 0 Å². The fraction of sp³-hybridized carbons (Fsp3) is 0.467. The molecule has 2 rings (SSSR count). The van der Waals surface area contributed by atoms with Gasteiger partial charge >= 0.3 is 0 Å². The van der Waals surface area contributed by atoms with Crippen LogP contribution in [0.1, 0.15) is 48.0 Å². The summed E-state index contributed by atoms with van der Waals surface area (Å²) in [6, 6.07) is 8.75. The van der Waals surface area contributed by atoms with E-state index in [0.29, 0.717) is 0 Å². The molecule has 4 heteroatoms. The lowest BCUT2D eigenvalue weighted by Gasteiger charge is -2.19. The molecule has 1 unspecified atom stereocenters. The topological polar surface area (TPSA) is 37.8 Å². The molecule has 0 aliphatic heterocycles. The number of benzene rings is 1. The molecule has 0 saturated carbocycles. The third-order valence-electron chi connectivity index (χ3n) is 3.24. The largest absolute Gasteiger partial charge is 0.306 e. The van der Waals surface area contributed by atoms with E-state index in [1.807, 2.05) is 0 Å². The predicted molar refractivity (Wildman–Crippen MR) is 80.6 cm³/mol. The van der Waals surface area contributed by atoms with Crippen LogP contribution in [0, 0.1) is 6.92 Å². The van der Waals surface area contributed by atoms with Crippen molar-refractivity contribution >= 4 is 11.5 Å². The number of nitrogens with one attached hydrogen (secondary N) is 1. The van der Waals surface area contributed by atoms with Gasteiger partial charge in [-0.25, -0.2) is 0 Å². The van der Waals surface area contributed by atoms with Crippen molar-refractivity contribution in [3.8, 4) is 0 Å². The zero-order valence-electron chi connectivity index (χ0n) is 11.8. The van der Waals surface area contributed by atoms with Gasteiger partial charge in [0.2, 0.25) is 0 Å². The van der Waals surface area contributed by atoms with Gasteiger partial charge in [-0.1, -0.05) is 49.0 Å². The van der Waals surface area contributed by atoms with Gasteiger partial charge in [0.25, 0.3) is 0 Å². The van der Waals surface area contributed by atoms with Gasteiger partial charge in [0.05, 0.1) is 16.6 Å². The molecule has 0 saturated heterocycles. The van der Waals surface area contributed by atoms with E-state index in [2.05, 4.69) is 59.9 Å². The average Bonchev–Trinajstić information content (AvgIpc) is 2.86. The van der Waals surface area contributed by atoms with Crippen molar-refractivity contribution < 1.29 is 0 Å². The fourth-order valence-electron chi connectivity index (χ4n) is 2.30. The summed E-state index contributed by atoms with van der Waals surface area (Å²) in [5.41, 5.74) is 3.78. The molecule has 0 bridgehead atoms. The minimum Gasteiger partial charge on any atom is -0.306 e. The van der Waals surface area contributed by atoms with E-state index >= 15 is 0 Å². The zero-order chi connectivity index (χ0) is 13.7. The van der Waals surface area contributed by atoms with Crippen LogP contribution in [0.15, 0.2) is 24.3 Å². The number of hydrogen-bond acceptors (Lipinski definition) is 4. The van der Waals surface area contributed by atoms with Crippen molar-refractivity contribution in [2.75, 3.05) is 6.54 Å². The van der Waals surface area contributed by atoms with E-state index in [0.717, 1.165) is 25.1 Å². The lowest BCUT2D eigenvalue weighted by molar-refractivity contribution is 0.628. The second kappa shape index (κ2) is 6.78. The normalized spacial score (nSPS) is 12.6. The van der Waals surface area contributed by atoms with Crippen LogP contribution in [0.25, 0.3) is 0 Å². The minimum atomic E-state index is 0.216. The Balaban J connectivity index is 2.40. The molecule has 0 radical (unpaired) electrons. The first-order valence-corrected chi connectivity index (χ1v) is 7.65. The summed E-state index contributed by atoms with van der Waals surface area (Å²) in [5.74, 6) is 0. The molecule has 0 aliphatic carbocycles. The summed E-state index contributed by atoms with van der Waals surface area (Å²) in [6.45, 7) is 7.41. The molecular weight excluding hydrogens is 254 g/mol. The maximum absolute atomic E-state index is 4.29. The molecule has 1 aromatic carbocycles. The quantitative estimate of drug-likeness (QED) is 0.877. The van der Waals surface area contributed by atoms with Crippen molar-refractivity contribution in [3.63, 3.8) is 0 Å². The molecule has 0 aliphatic rings. The van der Waals surface area contributed by atoms with E-state index < -0.39 is 0 Å². The van der Waals surface area contributed by atoms with Gasteiger partial charge in [0, 0.05) is 0 Å². The van der Waals surface area contributed by atoms with Crippen molar-refractivity contribution in [3.05, 3.63) is 46.0 Å². The Labute approximate surface area is 119 Å². The second-order valence-electron chi connectivity index (χ2n) is 4.68. The Morgan fingerprint density at radius 1 is 1.26 bits per heavy atom. The number of rotatable bonds is 6. The van der Waals surface area contributed by atoms with Crippen LogP contribution in [0.5, 0.6) is 0 Å². The van der Waals surface area contributed by atoms with Gasteiger partial charge < -0.3 is 5.32 Å². The summed E-state index contributed by atoms with van der Waals surface area (Å²) in [5, 5.41) is 7.86. The number of aryl methyl sites for hydroxylation is 2. The van der Waals surface area contributed by atoms with Gasteiger partial charge in [-0.2, -0.15) is 0 Å². The highest BCUT2D eigenvalue weighted by molar-refractivity contribution is 7.05. The molecule has 1 N–H and O–H groups in total. The SMILES string of the molecule is CCCc1nnsc1C(NCC)c1ccccc1C. The number of nitrogens with zero attached hydrogens (tertiary/aromatic N) is 2. The van der Waals surface area contributed by atoms with Crippen LogP contribution in [-0.4, -0.2) is 16.1 Å². The maximum atomic E-state index is 4.29. The second-order valence-corrected chi connectivity index (χ2v) is 5.47. The molecule has 2 aromatic rings. The van der Waals surface area contributed by atoms with Crippen molar-refractivity contribution in [1.29, 1.82) is 0 Å². The van der Waals surface area contributed by atoms with Crippen LogP contribution in [0.3, 0.4) is 0 Å². The third kappa shape index (κ3) is 3.19. The van der Waals surface area contributed by atoms with Gasteiger partial charge in [0.15, 0.2) is 0 Å². The first kappa shape index (κ1) is 14.2. The number of hydrogen-bond donors (Lipinski definition) is 1. The van der Waals surface area contributed by atoms with E-state index in [-0.39, 0.29) is 6.04 Å². The zero-order valence-corrected chi connectivity index (χ0v) is 12.6. The smallest absolute Gasteiger partial charge is 0.0807 e. The first-order chi connectivity index (χ1) is 9.27. The first-order valence-electron chi connectivity index (χ1n) is 6.88. The van der Waals surface area contributed by atoms with E-state index in [1.165, 1.54) is 27.5 Å². The van der Waals surface area contributed by atoms with Gasteiger partial charge in [-0.05, 0) is 42.5 Å². The highest BCUT2D eigenvalue weighted by Gasteiger charge is 2.21. The van der Waals surface area contributed by atoms with E-state index in [1.54, 1.807) is 0 Å². The van der Waals surface area contributed by atoms with Gasteiger partial charge in [-0.15, -0.1) is 5.10 Å². The van der Waals surface area contributed by atoms with E-state index in [9.17, 15) is 0 Å². The van der Waals surface area contributed by atoms with Crippen molar-refractivity contribution in [2.24, 2.45) is 0 Å². The summed E-state index contributed by atoms with van der Waals surface area (Å²) < 4.78 is 4.15. The minimum absolute atomic E-state index is 0.216. The van der Waals surface area contributed by atoms with Crippen LogP contribution in [-0.2, 0) is 6.42 Å². The van der Waals surface area contributed by atoms with Crippen LogP contribution >= 0.6 is 11.5 Å². The Morgan fingerprint density at radius 3 is 2.74 bits per heavy atom. The molecule has 0 amide bonds. The summed E-state index contributed by atoms with van der Waals surface area (Å²) in [6.07, 6.45) is 2.10. The van der Waals surface area contributed by atoms with Crippen LogP contribution in [0.4, 0.5) is 0 Å². The Bertz CT molecular complexity index is 522. The molecule has 102 valence electrons. The molecule has 1 heterocycles. The standard InChI is InChI=1S/C15H21N3S/c1-4-8-13-15(19-18-17-13)14(16-5-2)12-10-7-6-9-11(12)3/h6-7,9-10,14,16H,4-5,8H2,1-3H3. The molecular formula is C15H21N3S. The molecule has 19 heavy (non-hydrogen) atoms. The summed E-state index contributed by atoms with van der Waals surface area (Å²) in [4.78, 5) is 1.26. The van der Waals surface area contributed by atoms with Crippen LogP contribution < -0.4 is 5.32 Å². The Morgan fingerprint density at radius 2 is 2.05 bits per heavy atom. The average molecular weight is 275 g/mol. The lowest BCUT2D eigenvalue weighted by Crippen LogP contribution is -2.23. The molecule has 3 nitrogen and oxygen atoms in total. The van der Waals surface area contributed by atoms with Crippen molar-refractivity contribution in [2.45, 2.75) is 39.7 Å². The molecule has 0 spiro atoms. The Kier molecular flexibility index (Phi) is 5.05. The van der Waals surface area contributed by atoms with Gasteiger partial charge in [0.1, 0.15) is 0 Å². The fourth-order valence-corrected chi connectivity index (χ4v) is 3.09. The summed E-state index contributed by atoms with van der Waals surface area (Å²) in [7, 11) is 0. The highest BCUT2D eigenvalue weighted by atomic mass is 32.1. The van der Waals surface area contributed by atoms with Gasteiger partial charge in [-0.3, -0.25) is 0 Å². The summed E-state index contributed by atoms with van der Waals surface area (Å²) >= 11 is 1.52. The molecule has 1 atom stereocenters.